The van der Waals surface area contributed by atoms with E-state index in [4.69, 9.17) is 0 Å². The first kappa shape index (κ1) is 15.7. The van der Waals surface area contributed by atoms with Crippen LogP contribution in [0.4, 0.5) is 5.69 Å². The molecule has 114 valence electrons. The zero-order valence-corrected chi connectivity index (χ0v) is 12.8. The zero-order valence-electron chi connectivity index (χ0n) is 12.8. The van der Waals surface area contributed by atoms with Gasteiger partial charge in [0.25, 0.3) is 0 Å². The normalized spacial score (nSPS) is 22.0. The lowest BCUT2D eigenvalue weighted by Gasteiger charge is -2.34. The molecule has 1 N–H and O–H groups in total. The summed E-state index contributed by atoms with van der Waals surface area (Å²) in [5.41, 5.74) is 0.834. The van der Waals surface area contributed by atoms with Crippen molar-refractivity contribution in [3.8, 4) is 0 Å². The fourth-order valence-electron chi connectivity index (χ4n) is 2.94. The maximum Gasteiger partial charge on any atom is 0.227 e. The molecule has 4 nitrogen and oxygen atoms in total. The molecule has 0 saturated heterocycles. The average Bonchev–Trinajstić information content (AvgIpc) is 2.53. The van der Waals surface area contributed by atoms with Gasteiger partial charge in [-0.05, 0) is 51.3 Å². The Balaban J connectivity index is 1.78. The summed E-state index contributed by atoms with van der Waals surface area (Å²) in [5, 5.41) is 2.98. The molecular formula is C17H25N3O. The average molecular weight is 287 g/mol. The van der Waals surface area contributed by atoms with E-state index in [9.17, 15) is 4.79 Å². The number of amides is 1. The number of nitrogens with zero attached hydrogens (tertiary/aromatic N) is 2. The monoisotopic (exact) mass is 287 g/mol. The second-order valence-electron chi connectivity index (χ2n) is 5.79. The van der Waals surface area contributed by atoms with Crippen molar-refractivity contribution >= 4 is 11.6 Å². The van der Waals surface area contributed by atoms with Crippen LogP contribution in [0, 0.1) is 5.92 Å². The molecule has 0 bridgehead atoms. The Morgan fingerprint density at radius 3 is 2.67 bits per heavy atom. The van der Waals surface area contributed by atoms with Crippen molar-refractivity contribution in [2.24, 2.45) is 5.92 Å². The highest BCUT2D eigenvalue weighted by atomic mass is 16.1. The molecule has 0 spiro atoms. The van der Waals surface area contributed by atoms with E-state index in [2.05, 4.69) is 28.8 Å². The van der Waals surface area contributed by atoms with Crippen LogP contribution in [0.2, 0.25) is 0 Å². The van der Waals surface area contributed by atoms with E-state index < -0.39 is 0 Å². The molecule has 1 fully saturated rings. The van der Waals surface area contributed by atoms with E-state index in [1.807, 2.05) is 18.2 Å². The number of hydrogen-bond donors (Lipinski definition) is 1. The number of carbonyl (C=O) groups is 1. The second-order valence-corrected chi connectivity index (χ2v) is 5.79. The Morgan fingerprint density at radius 1 is 1.38 bits per heavy atom. The summed E-state index contributed by atoms with van der Waals surface area (Å²) < 4.78 is 0. The van der Waals surface area contributed by atoms with Crippen LogP contribution < -0.4 is 5.32 Å². The minimum atomic E-state index is 0.141. The summed E-state index contributed by atoms with van der Waals surface area (Å²) in [5.74, 6) is 0.288. The van der Waals surface area contributed by atoms with Crippen LogP contribution in [0.1, 0.15) is 32.1 Å². The molecule has 0 atom stereocenters. The second kappa shape index (κ2) is 7.93. The highest BCUT2D eigenvalue weighted by Gasteiger charge is 2.27. The summed E-state index contributed by atoms with van der Waals surface area (Å²) >= 11 is 0. The molecule has 1 aromatic rings. The van der Waals surface area contributed by atoms with Crippen LogP contribution in [0.15, 0.2) is 37.2 Å². The van der Waals surface area contributed by atoms with Gasteiger partial charge in [-0.25, -0.2) is 0 Å². The van der Waals surface area contributed by atoms with Gasteiger partial charge in [-0.3, -0.25) is 9.78 Å². The maximum atomic E-state index is 12.3. The Morgan fingerprint density at radius 2 is 2.05 bits per heavy atom. The lowest BCUT2D eigenvalue weighted by Crippen LogP contribution is -2.38. The van der Waals surface area contributed by atoms with Gasteiger partial charge in [0.15, 0.2) is 0 Å². The Labute approximate surface area is 127 Å². The topological polar surface area (TPSA) is 45.2 Å². The zero-order chi connectivity index (χ0) is 15.1. The van der Waals surface area contributed by atoms with Gasteiger partial charge in [-0.1, -0.05) is 6.08 Å². The van der Waals surface area contributed by atoms with Crippen molar-refractivity contribution in [2.45, 2.75) is 38.1 Å². The number of aromatic nitrogens is 1. The molecule has 0 aromatic carbocycles. The SMILES string of the molecule is C=CCCN(C)C1CCC(C(=O)Nc2ccncc2)CC1. The fraction of sp³-hybridized carbons (Fsp3) is 0.529. The number of hydrogen-bond acceptors (Lipinski definition) is 3. The van der Waals surface area contributed by atoms with Crippen LogP contribution >= 0.6 is 0 Å². The van der Waals surface area contributed by atoms with Gasteiger partial charge in [0.2, 0.25) is 5.91 Å². The number of carbonyl (C=O) groups excluding carboxylic acids is 1. The summed E-state index contributed by atoms with van der Waals surface area (Å²) in [6.45, 7) is 4.83. The fourth-order valence-corrected chi connectivity index (χ4v) is 2.94. The summed E-state index contributed by atoms with van der Waals surface area (Å²) in [4.78, 5) is 18.6. The van der Waals surface area contributed by atoms with Crippen molar-refractivity contribution in [3.05, 3.63) is 37.2 Å². The number of rotatable bonds is 6. The first-order chi connectivity index (χ1) is 10.2. The van der Waals surface area contributed by atoms with Gasteiger partial charge in [0, 0.05) is 36.6 Å². The molecular weight excluding hydrogens is 262 g/mol. The number of pyridine rings is 1. The van der Waals surface area contributed by atoms with Crippen LogP contribution in [0.3, 0.4) is 0 Å². The summed E-state index contributed by atoms with van der Waals surface area (Å²) in [7, 11) is 2.17. The molecule has 1 saturated carbocycles. The molecule has 1 aromatic heterocycles. The van der Waals surface area contributed by atoms with Gasteiger partial charge in [0.05, 0.1) is 0 Å². The highest BCUT2D eigenvalue weighted by Crippen LogP contribution is 2.28. The van der Waals surface area contributed by atoms with Crippen LogP contribution in [-0.4, -0.2) is 35.4 Å². The van der Waals surface area contributed by atoms with Crippen molar-refractivity contribution in [1.82, 2.24) is 9.88 Å². The third-order valence-electron chi connectivity index (χ3n) is 4.32. The molecule has 21 heavy (non-hydrogen) atoms. The third kappa shape index (κ3) is 4.67. The van der Waals surface area contributed by atoms with Gasteiger partial charge < -0.3 is 10.2 Å². The van der Waals surface area contributed by atoms with E-state index in [0.29, 0.717) is 6.04 Å². The third-order valence-corrected chi connectivity index (χ3v) is 4.32. The van der Waals surface area contributed by atoms with E-state index in [1.54, 1.807) is 12.4 Å². The minimum Gasteiger partial charge on any atom is -0.326 e. The summed E-state index contributed by atoms with van der Waals surface area (Å²) in [6.07, 6.45) is 10.5. The van der Waals surface area contributed by atoms with Crippen molar-refractivity contribution in [2.75, 3.05) is 18.9 Å². The van der Waals surface area contributed by atoms with Crippen LogP contribution in [0.25, 0.3) is 0 Å². The Hall–Kier alpha value is -1.68. The summed E-state index contributed by atoms with van der Waals surface area (Å²) in [6, 6.07) is 4.26. The van der Waals surface area contributed by atoms with Crippen molar-refractivity contribution < 1.29 is 4.79 Å². The minimum absolute atomic E-state index is 0.141. The molecule has 4 heteroatoms. The molecule has 1 aliphatic carbocycles. The maximum absolute atomic E-state index is 12.3. The lowest BCUT2D eigenvalue weighted by molar-refractivity contribution is -0.121. The quantitative estimate of drug-likeness (QED) is 0.818. The number of nitrogens with one attached hydrogen (secondary N) is 1. The standard InChI is InChI=1S/C17H25N3O/c1-3-4-13-20(2)16-7-5-14(6-8-16)17(21)19-15-9-11-18-12-10-15/h3,9-12,14,16H,1,4-8,13H2,2H3,(H,18,19,21). The largest absolute Gasteiger partial charge is 0.326 e. The molecule has 1 heterocycles. The van der Waals surface area contributed by atoms with Gasteiger partial charge in [-0.2, -0.15) is 0 Å². The smallest absolute Gasteiger partial charge is 0.227 e. The molecule has 1 aliphatic rings. The number of anilines is 1. The van der Waals surface area contributed by atoms with Gasteiger partial charge in [-0.15, -0.1) is 6.58 Å². The van der Waals surface area contributed by atoms with E-state index >= 15 is 0 Å². The molecule has 2 rings (SSSR count). The Bertz CT molecular complexity index is 452. The Kier molecular flexibility index (Phi) is 5.93. The van der Waals surface area contributed by atoms with Crippen molar-refractivity contribution in [1.29, 1.82) is 0 Å². The lowest BCUT2D eigenvalue weighted by atomic mass is 9.85. The first-order valence-electron chi connectivity index (χ1n) is 7.72. The van der Waals surface area contributed by atoms with E-state index in [0.717, 1.165) is 44.3 Å². The highest BCUT2D eigenvalue weighted by molar-refractivity contribution is 5.92. The van der Waals surface area contributed by atoms with Crippen LogP contribution in [-0.2, 0) is 4.79 Å². The van der Waals surface area contributed by atoms with Gasteiger partial charge >= 0.3 is 0 Å². The van der Waals surface area contributed by atoms with Crippen molar-refractivity contribution in [3.63, 3.8) is 0 Å². The molecule has 1 amide bonds. The predicted molar refractivity (Wildman–Crippen MR) is 86.1 cm³/mol. The van der Waals surface area contributed by atoms with E-state index in [1.165, 1.54) is 0 Å². The molecule has 0 aliphatic heterocycles. The molecule has 0 radical (unpaired) electrons. The van der Waals surface area contributed by atoms with Gasteiger partial charge in [0.1, 0.15) is 0 Å². The predicted octanol–water partition coefficient (Wildman–Crippen LogP) is 3.09. The van der Waals surface area contributed by atoms with Crippen LogP contribution in [0.5, 0.6) is 0 Å². The van der Waals surface area contributed by atoms with E-state index in [-0.39, 0.29) is 11.8 Å². The first-order valence-corrected chi connectivity index (χ1v) is 7.72. The molecule has 0 unspecified atom stereocenters.